The molecule has 2 N–H and O–H groups in total. The molecule has 2 rings (SSSR count). The molecule has 0 spiro atoms. The van der Waals surface area contributed by atoms with Gasteiger partial charge in [-0.05, 0) is 33.0 Å². The van der Waals surface area contributed by atoms with Crippen LogP contribution in [0.1, 0.15) is 21.9 Å². The van der Waals surface area contributed by atoms with Gasteiger partial charge in [-0.3, -0.25) is 4.79 Å². The summed E-state index contributed by atoms with van der Waals surface area (Å²) in [6, 6.07) is 3.21. The minimum atomic E-state index is -3.43. The number of carbonyl (C=O) groups excluding carboxylic acids is 1. The number of carbonyl (C=O) groups is 1. The highest BCUT2D eigenvalue weighted by Gasteiger charge is 2.16. The number of sulfonamides is 1. The highest BCUT2D eigenvalue weighted by atomic mass is 32.2. The Balaban J connectivity index is 1.95. The van der Waals surface area contributed by atoms with Gasteiger partial charge in [0.05, 0.1) is 18.7 Å². The molecule has 0 aliphatic rings. The first-order chi connectivity index (χ1) is 10.3. The van der Waals surface area contributed by atoms with Gasteiger partial charge in [0.2, 0.25) is 15.9 Å². The van der Waals surface area contributed by atoms with Crippen molar-refractivity contribution in [1.29, 1.82) is 0 Å². The van der Waals surface area contributed by atoms with E-state index in [0.29, 0.717) is 11.5 Å². The smallest absolute Gasteiger partial charge is 0.249 e. The fourth-order valence-electron chi connectivity index (χ4n) is 1.86. The summed E-state index contributed by atoms with van der Waals surface area (Å²) in [6.45, 7) is 3.83. The van der Waals surface area contributed by atoms with Crippen molar-refractivity contribution in [3.8, 4) is 0 Å². The fourth-order valence-corrected chi connectivity index (χ4v) is 3.99. The van der Waals surface area contributed by atoms with Crippen LogP contribution in [0.5, 0.6) is 0 Å². The van der Waals surface area contributed by atoms with Gasteiger partial charge in [0, 0.05) is 10.4 Å². The second-order valence-electron chi connectivity index (χ2n) is 4.68. The third-order valence-corrected chi connectivity index (χ3v) is 6.14. The molecular weight excluding hydrogens is 326 g/mol. The van der Waals surface area contributed by atoms with E-state index in [1.165, 1.54) is 13.1 Å². The largest absolute Gasteiger partial charge is 0.361 e. The summed E-state index contributed by atoms with van der Waals surface area (Å²) in [5.41, 5.74) is 1.48. The number of thiophene rings is 1. The van der Waals surface area contributed by atoms with E-state index in [-0.39, 0.29) is 23.1 Å². The lowest BCUT2D eigenvalue weighted by atomic mass is 10.1. The van der Waals surface area contributed by atoms with Gasteiger partial charge >= 0.3 is 0 Å². The molecule has 2 aromatic rings. The molecule has 0 aliphatic carbocycles. The second kappa shape index (κ2) is 6.59. The van der Waals surface area contributed by atoms with Gasteiger partial charge in [0.1, 0.15) is 9.97 Å². The molecule has 0 bridgehead atoms. The minimum Gasteiger partial charge on any atom is -0.361 e. The molecule has 0 fully saturated rings. The second-order valence-corrected chi connectivity index (χ2v) is 7.97. The van der Waals surface area contributed by atoms with E-state index in [4.69, 9.17) is 4.52 Å². The van der Waals surface area contributed by atoms with Gasteiger partial charge in [-0.2, -0.15) is 0 Å². The lowest BCUT2D eigenvalue weighted by Crippen LogP contribution is -2.24. The number of hydrogen-bond donors (Lipinski definition) is 2. The number of amides is 1. The quantitative estimate of drug-likeness (QED) is 0.818. The Bertz CT molecular complexity index is 758. The molecule has 1 amide bonds. The first-order valence-corrected chi connectivity index (χ1v) is 8.84. The SMILES string of the molecule is CNS(=O)(=O)c1ccc(CNC(=O)Cc2c(C)noc2C)s1. The number of hydrogen-bond acceptors (Lipinski definition) is 6. The first-order valence-electron chi connectivity index (χ1n) is 6.54. The van der Waals surface area contributed by atoms with Gasteiger partial charge in [-0.15, -0.1) is 11.3 Å². The number of nitrogens with zero attached hydrogens (tertiary/aromatic N) is 1. The lowest BCUT2D eigenvalue weighted by Gasteiger charge is -2.03. The van der Waals surface area contributed by atoms with Crippen LogP contribution in [-0.4, -0.2) is 26.5 Å². The maximum atomic E-state index is 11.9. The van der Waals surface area contributed by atoms with Crippen molar-refractivity contribution in [2.75, 3.05) is 7.05 Å². The Hall–Kier alpha value is -1.71. The van der Waals surface area contributed by atoms with Crippen LogP contribution in [0.15, 0.2) is 20.9 Å². The van der Waals surface area contributed by atoms with Gasteiger partial charge < -0.3 is 9.84 Å². The zero-order valence-corrected chi connectivity index (χ0v) is 14.1. The topological polar surface area (TPSA) is 101 Å². The Labute approximate surface area is 132 Å². The summed E-state index contributed by atoms with van der Waals surface area (Å²) in [7, 11) is -2.07. The predicted octanol–water partition coefficient (Wildman–Crippen LogP) is 1.12. The van der Waals surface area contributed by atoms with Crippen molar-refractivity contribution in [3.05, 3.63) is 34.0 Å². The van der Waals surface area contributed by atoms with Crippen LogP contribution in [0.3, 0.4) is 0 Å². The van der Waals surface area contributed by atoms with Crippen LogP contribution in [0.4, 0.5) is 0 Å². The number of nitrogens with one attached hydrogen (secondary N) is 2. The number of rotatable bonds is 6. The molecule has 2 heterocycles. The summed E-state index contributed by atoms with van der Waals surface area (Å²) < 4.78 is 30.8. The first kappa shape index (κ1) is 16.7. The van der Waals surface area contributed by atoms with Crippen LogP contribution >= 0.6 is 11.3 Å². The van der Waals surface area contributed by atoms with E-state index in [9.17, 15) is 13.2 Å². The van der Waals surface area contributed by atoms with Gasteiger partial charge in [0.25, 0.3) is 0 Å². The molecule has 0 unspecified atom stereocenters. The molecule has 120 valence electrons. The monoisotopic (exact) mass is 343 g/mol. The molecular formula is C13H17N3O4S2. The van der Waals surface area contributed by atoms with Crippen molar-refractivity contribution >= 4 is 27.3 Å². The van der Waals surface area contributed by atoms with E-state index in [2.05, 4.69) is 15.2 Å². The molecule has 0 aromatic carbocycles. The highest BCUT2D eigenvalue weighted by Crippen LogP contribution is 2.21. The fraction of sp³-hybridized carbons (Fsp3) is 0.385. The lowest BCUT2D eigenvalue weighted by molar-refractivity contribution is -0.120. The zero-order chi connectivity index (χ0) is 16.3. The standard InChI is InChI=1S/C13H17N3O4S2/c1-8-11(9(2)20-16-8)6-12(17)15-7-10-4-5-13(21-10)22(18,19)14-3/h4-5,14H,6-7H2,1-3H3,(H,15,17). The van der Waals surface area contributed by atoms with Crippen LogP contribution in [0, 0.1) is 13.8 Å². The van der Waals surface area contributed by atoms with Gasteiger partial charge in [-0.25, -0.2) is 13.1 Å². The maximum absolute atomic E-state index is 11.9. The third kappa shape index (κ3) is 3.73. The average molecular weight is 343 g/mol. The maximum Gasteiger partial charge on any atom is 0.249 e. The van der Waals surface area contributed by atoms with E-state index in [0.717, 1.165) is 21.8 Å². The molecule has 2 aromatic heterocycles. The van der Waals surface area contributed by atoms with E-state index < -0.39 is 10.0 Å². The van der Waals surface area contributed by atoms with Crippen LogP contribution in [-0.2, 0) is 27.8 Å². The summed E-state index contributed by atoms with van der Waals surface area (Å²) in [4.78, 5) is 12.7. The molecule has 0 radical (unpaired) electrons. The molecule has 7 nitrogen and oxygen atoms in total. The number of aromatic nitrogens is 1. The van der Waals surface area contributed by atoms with Crippen LogP contribution in [0.2, 0.25) is 0 Å². The van der Waals surface area contributed by atoms with Gasteiger partial charge in [-0.1, -0.05) is 5.16 Å². The van der Waals surface area contributed by atoms with Crippen LogP contribution < -0.4 is 10.0 Å². The Kier molecular flexibility index (Phi) is 4.99. The third-order valence-electron chi connectivity index (χ3n) is 3.15. The van der Waals surface area contributed by atoms with Crippen molar-refractivity contribution in [2.45, 2.75) is 31.0 Å². The Morgan fingerprint density at radius 1 is 1.36 bits per heavy atom. The normalized spacial score (nSPS) is 11.6. The van der Waals surface area contributed by atoms with E-state index >= 15 is 0 Å². The molecule has 22 heavy (non-hydrogen) atoms. The summed E-state index contributed by atoms with van der Waals surface area (Å²) >= 11 is 1.12. The van der Waals surface area contributed by atoms with Crippen LogP contribution in [0.25, 0.3) is 0 Å². The molecule has 9 heteroatoms. The average Bonchev–Trinajstić information content (AvgIpc) is 3.08. The summed E-state index contributed by atoms with van der Waals surface area (Å²) in [5.74, 6) is 0.465. The number of aryl methyl sites for hydroxylation is 2. The highest BCUT2D eigenvalue weighted by molar-refractivity contribution is 7.91. The van der Waals surface area contributed by atoms with Crippen molar-refractivity contribution in [1.82, 2.24) is 15.2 Å². The van der Waals surface area contributed by atoms with Gasteiger partial charge in [0.15, 0.2) is 0 Å². The van der Waals surface area contributed by atoms with Crippen molar-refractivity contribution in [2.24, 2.45) is 0 Å². The minimum absolute atomic E-state index is 0.166. The van der Waals surface area contributed by atoms with E-state index in [1.54, 1.807) is 19.9 Å². The van der Waals surface area contributed by atoms with Crippen molar-refractivity contribution < 1.29 is 17.7 Å². The molecule has 0 aliphatic heterocycles. The van der Waals surface area contributed by atoms with Crippen molar-refractivity contribution in [3.63, 3.8) is 0 Å². The van der Waals surface area contributed by atoms with E-state index in [1.807, 2.05) is 0 Å². The molecule has 0 saturated heterocycles. The summed E-state index contributed by atoms with van der Waals surface area (Å²) in [5, 5.41) is 6.56. The summed E-state index contributed by atoms with van der Waals surface area (Å²) in [6.07, 6.45) is 0.189. The Morgan fingerprint density at radius 3 is 2.68 bits per heavy atom. The molecule has 0 atom stereocenters. The zero-order valence-electron chi connectivity index (χ0n) is 12.5. The predicted molar refractivity (Wildman–Crippen MR) is 82.1 cm³/mol. The molecule has 0 saturated carbocycles. The Morgan fingerprint density at radius 2 is 2.09 bits per heavy atom.